The summed E-state index contributed by atoms with van der Waals surface area (Å²) in [4.78, 5) is 2.47. The number of nitrogens with two attached hydrogens (primary N) is 1. The molecule has 0 atom stereocenters. The van der Waals surface area contributed by atoms with Gasteiger partial charge in [-0.2, -0.15) is 5.10 Å². The van der Waals surface area contributed by atoms with Crippen LogP contribution in [-0.2, 0) is 16.6 Å². The van der Waals surface area contributed by atoms with Gasteiger partial charge in [-0.3, -0.25) is 4.68 Å². The van der Waals surface area contributed by atoms with Gasteiger partial charge in [-0.15, -0.1) is 0 Å². The van der Waals surface area contributed by atoms with Gasteiger partial charge in [0, 0.05) is 19.3 Å². The van der Waals surface area contributed by atoms with Crippen molar-refractivity contribution in [2.45, 2.75) is 24.3 Å². The predicted molar refractivity (Wildman–Crippen MR) is 76.7 cm³/mol. The van der Waals surface area contributed by atoms with Crippen LogP contribution in [0.2, 0.25) is 0 Å². The molecule has 2 rings (SSSR count). The standard InChI is InChI=1S/C12H23N5O2S/c1-16-5-2-11(3-6-16)8-15-20(18,19)12-9-14-17(10-12)7-4-13/h9-11,15H,2-8,13H2,1H3. The molecule has 1 aliphatic heterocycles. The van der Waals surface area contributed by atoms with E-state index in [0.717, 1.165) is 25.9 Å². The molecule has 7 nitrogen and oxygen atoms in total. The normalized spacial score (nSPS) is 18.5. The van der Waals surface area contributed by atoms with E-state index < -0.39 is 10.0 Å². The van der Waals surface area contributed by atoms with E-state index in [2.05, 4.69) is 21.8 Å². The molecular weight excluding hydrogens is 278 g/mol. The molecule has 114 valence electrons. The number of aromatic nitrogens is 2. The largest absolute Gasteiger partial charge is 0.329 e. The molecule has 20 heavy (non-hydrogen) atoms. The van der Waals surface area contributed by atoms with Gasteiger partial charge in [-0.05, 0) is 38.9 Å². The molecule has 1 saturated heterocycles. The Hall–Kier alpha value is -0.960. The highest BCUT2D eigenvalue weighted by atomic mass is 32.2. The number of piperidine rings is 1. The van der Waals surface area contributed by atoms with Crippen molar-refractivity contribution < 1.29 is 8.42 Å². The monoisotopic (exact) mass is 301 g/mol. The van der Waals surface area contributed by atoms with Crippen molar-refractivity contribution in [1.82, 2.24) is 19.4 Å². The number of nitrogens with one attached hydrogen (secondary N) is 1. The zero-order chi connectivity index (χ0) is 14.6. The Labute approximate surface area is 120 Å². The highest BCUT2D eigenvalue weighted by molar-refractivity contribution is 7.89. The molecule has 2 heterocycles. The van der Waals surface area contributed by atoms with E-state index in [1.807, 2.05) is 0 Å². The average Bonchev–Trinajstić information content (AvgIpc) is 2.88. The molecule has 0 amide bonds. The zero-order valence-corrected chi connectivity index (χ0v) is 12.6. The fraction of sp³-hybridized carbons (Fsp3) is 0.750. The molecule has 0 radical (unpaired) electrons. The molecular formula is C12H23N5O2S. The minimum absolute atomic E-state index is 0.207. The summed E-state index contributed by atoms with van der Waals surface area (Å²) in [6.45, 7) is 3.51. The maximum absolute atomic E-state index is 12.2. The van der Waals surface area contributed by atoms with Gasteiger partial charge in [-0.25, -0.2) is 13.1 Å². The van der Waals surface area contributed by atoms with Gasteiger partial charge in [0.1, 0.15) is 4.90 Å². The van der Waals surface area contributed by atoms with Crippen molar-refractivity contribution >= 4 is 10.0 Å². The number of hydrogen-bond donors (Lipinski definition) is 2. The summed E-state index contributed by atoms with van der Waals surface area (Å²) >= 11 is 0. The highest BCUT2D eigenvalue weighted by Gasteiger charge is 2.21. The van der Waals surface area contributed by atoms with Crippen LogP contribution in [0.25, 0.3) is 0 Å². The third-order valence-electron chi connectivity index (χ3n) is 3.68. The minimum Gasteiger partial charge on any atom is -0.329 e. The summed E-state index contributed by atoms with van der Waals surface area (Å²) in [5.41, 5.74) is 5.42. The SMILES string of the molecule is CN1CCC(CNS(=O)(=O)c2cnn(CCN)c2)CC1. The second-order valence-corrected chi connectivity index (χ2v) is 7.09. The first kappa shape index (κ1) is 15.4. The van der Waals surface area contributed by atoms with E-state index in [1.54, 1.807) is 4.68 Å². The molecule has 1 aliphatic rings. The summed E-state index contributed by atoms with van der Waals surface area (Å²) in [5, 5.41) is 3.99. The lowest BCUT2D eigenvalue weighted by Crippen LogP contribution is -2.36. The zero-order valence-electron chi connectivity index (χ0n) is 11.8. The lowest BCUT2D eigenvalue weighted by atomic mass is 9.98. The van der Waals surface area contributed by atoms with Gasteiger partial charge in [0.25, 0.3) is 0 Å². The van der Waals surface area contributed by atoms with Gasteiger partial charge >= 0.3 is 0 Å². The Kier molecular flexibility index (Phi) is 5.14. The summed E-state index contributed by atoms with van der Waals surface area (Å²) in [7, 11) is -1.37. The first-order chi connectivity index (χ1) is 9.51. The van der Waals surface area contributed by atoms with Crippen LogP contribution in [0.4, 0.5) is 0 Å². The number of likely N-dealkylation sites (tertiary alicyclic amines) is 1. The molecule has 0 aromatic carbocycles. The van der Waals surface area contributed by atoms with E-state index in [4.69, 9.17) is 5.73 Å². The van der Waals surface area contributed by atoms with Crippen molar-refractivity contribution in [3.05, 3.63) is 12.4 Å². The maximum atomic E-state index is 12.2. The molecule has 0 aliphatic carbocycles. The summed E-state index contributed by atoms with van der Waals surface area (Å²) in [6, 6.07) is 0. The lowest BCUT2D eigenvalue weighted by molar-refractivity contribution is 0.220. The molecule has 0 spiro atoms. The lowest BCUT2D eigenvalue weighted by Gasteiger charge is -2.28. The molecule has 0 saturated carbocycles. The molecule has 1 aromatic heterocycles. The molecule has 3 N–H and O–H groups in total. The van der Waals surface area contributed by atoms with E-state index in [1.165, 1.54) is 12.4 Å². The second-order valence-electron chi connectivity index (χ2n) is 5.33. The second kappa shape index (κ2) is 6.66. The van der Waals surface area contributed by atoms with E-state index in [-0.39, 0.29) is 4.90 Å². The third kappa shape index (κ3) is 4.02. The Bertz CT molecular complexity index is 520. The average molecular weight is 301 g/mol. The molecule has 1 fully saturated rings. The van der Waals surface area contributed by atoms with E-state index >= 15 is 0 Å². The molecule has 0 unspecified atom stereocenters. The van der Waals surface area contributed by atoms with Gasteiger partial charge in [0.15, 0.2) is 0 Å². The summed E-state index contributed by atoms with van der Waals surface area (Å²) in [6.07, 6.45) is 4.95. The van der Waals surface area contributed by atoms with Crippen LogP contribution in [0, 0.1) is 5.92 Å². The Morgan fingerprint density at radius 1 is 1.45 bits per heavy atom. The predicted octanol–water partition coefficient (Wildman–Crippen LogP) is -0.538. The highest BCUT2D eigenvalue weighted by Crippen LogP contribution is 2.16. The van der Waals surface area contributed by atoms with Gasteiger partial charge in [0.2, 0.25) is 10.0 Å². The number of hydrogen-bond acceptors (Lipinski definition) is 5. The van der Waals surface area contributed by atoms with Crippen molar-refractivity contribution in [3.8, 4) is 0 Å². The Morgan fingerprint density at radius 2 is 2.15 bits per heavy atom. The fourth-order valence-corrected chi connectivity index (χ4v) is 3.38. The van der Waals surface area contributed by atoms with Crippen LogP contribution in [0.15, 0.2) is 17.3 Å². The van der Waals surface area contributed by atoms with Crippen molar-refractivity contribution in [1.29, 1.82) is 0 Å². The molecule has 8 heteroatoms. The topological polar surface area (TPSA) is 93.2 Å². The third-order valence-corrected chi connectivity index (χ3v) is 5.06. The minimum atomic E-state index is -3.46. The quantitative estimate of drug-likeness (QED) is 0.736. The summed E-state index contributed by atoms with van der Waals surface area (Å²) in [5.74, 6) is 0.417. The van der Waals surface area contributed by atoms with Gasteiger partial charge in [-0.1, -0.05) is 0 Å². The number of rotatable bonds is 6. The van der Waals surface area contributed by atoms with Crippen molar-refractivity contribution in [2.75, 3.05) is 33.2 Å². The van der Waals surface area contributed by atoms with Crippen molar-refractivity contribution in [2.24, 2.45) is 11.7 Å². The van der Waals surface area contributed by atoms with Crippen LogP contribution in [-0.4, -0.2) is 56.3 Å². The van der Waals surface area contributed by atoms with E-state index in [0.29, 0.717) is 25.6 Å². The Balaban J connectivity index is 1.90. The maximum Gasteiger partial charge on any atom is 0.243 e. The summed E-state index contributed by atoms with van der Waals surface area (Å²) < 4.78 is 28.5. The van der Waals surface area contributed by atoms with Gasteiger partial charge in [0.05, 0.1) is 12.7 Å². The number of sulfonamides is 1. The first-order valence-electron chi connectivity index (χ1n) is 6.92. The Morgan fingerprint density at radius 3 is 2.80 bits per heavy atom. The smallest absolute Gasteiger partial charge is 0.243 e. The molecule has 0 bridgehead atoms. The number of nitrogens with zero attached hydrogens (tertiary/aromatic N) is 3. The van der Waals surface area contributed by atoms with Crippen LogP contribution in [0.3, 0.4) is 0 Å². The van der Waals surface area contributed by atoms with Crippen LogP contribution in [0.5, 0.6) is 0 Å². The van der Waals surface area contributed by atoms with Crippen molar-refractivity contribution in [3.63, 3.8) is 0 Å². The van der Waals surface area contributed by atoms with Crippen LogP contribution in [0.1, 0.15) is 12.8 Å². The first-order valence-corrected chi connectivity index (χ1v) is 8.40. The van der Waals surface area contributed by atoms with Crippen LogP contribution >= 0.6 is 0 Å². The molecule has 1 aromatic rings. The van der Waals surface area contributed by atoms with Crippen LogP contribution < -0.4 is 10.5 Å². The van der Waals surface area contributed by atoms with E-state index in [9.17, 15) is 8.42 Å². The van der Waals surface area contributed by atoms with Gasteiger partial charge < -0.3 is 10.6 Å². The fourth-order valence-electron chi connectivity index (χ4n) is 2.32.